The molecule has 1 aliphatic rings. The van der Waals surface area contributed by atoms with E-state index in [0.29, 0.717) is 5.56 Å². The quantitative estimate of drug-likeness (QED) is 0.846. The zero-order chi connectivity index (χ0) is 18.6. The van der Waals surface area contributed by atoms with Crippen LogP contribution in [-0.4, -0.2) is 20.4 Å². The first-order valence-corrected chi connectivity index (χ1v) is 9.91. The van der Waals surface area contributed by atoms with Crippen LogP contribution in [0.25, 0.3) is 0 Å². The van der Waals surface area contributed by atoms with Crippen LogP contribution in [0, 0.1) is 11.3 Å². The summed E-state index contributed by atoms with van der Waals surface area (Å²) in [5.41, 5.74) is 0.732. The first-order valence-electron chi connectivity index (χ1n) is 8.42. The van der Waals surface area contributed by atoms with Crippen LogP contribution in [0.2, 0.25) is 0 Å². The van der Waals surface area contributed by atoms with Gasteiger partial charge in [0.1, 0.15) is 6.07 Å². The highest BCUT2D eigenvalue weighted by atomic mass is 32.2. The highest BCUT2D eigenvalue weighted by molar-refractivity contribution is 7.92. The molecule has 2 N–H and O–H groups in total. The number of amides is 1. The predicted octanol–water partition coefficient (Wildman–Crippen LogP) is 3.03. The molecule has 0 aromatic heterocycles. The number of carbonyl (C=O) groups is 1. The van der Waals surface area contributed by atoms with Crippen molar-refractivity contribution >= 4 is 21.6 Å². The van der Waals surface area contributed by atoms with E-state index < -0.39 is 10.0 Å². The second-order valence-corrected chi connectivity index (χ2v) is 7.93. The van der Waals surface area contributed by atoms with Gasteiger partial charge in [0.25, 0.3) is 15.9 Å². The van der Waals surface area contributed by atoms with Crippen LogP contribution in [0.15, 0.2) is 53.4 Å². The number of hydrogen-bond acceptors (Lipinski definition) is 4. The maximum Gasteiger partial charge on any atom is 0.261 e. The highest BCUT2D eigenvalue weighted by Gasteiger charge is 2.20. The molecule has 2 aromatic carbocycles. The van der Waals surface area contributed by atoms with Crippen molar-refractivity contribution in [1.82, 2.24) is 5.32 Å². The number of hydrogen-bond donors (Lipinski definition) is 2. The van der Waals surface area contributed by atoms with Crippen LogP contribution >= 0.6 is 0 Å². The zero-order valence-corrected chi connectivity index (χ0v) is 14.9. The Labute approximate surface area is 152 Å². The molecule has 3 rings (SSSR count). The van der Waals surface area contributed by atoms with Crippen molar-refractivity contribution in [3.05, 3.63) is 59.7 Å². The lowest BCUT2D eigenvalue weighted by Gasteiger charge is -2.13. The van der Waals surface area contributed by atoms with Gasteiger partial charge >= 0.3 is 0 Å². The Bertz CT molecular complexity index is 958. The van der Waals surface area contributed by atoms with Crippen LogP contribution in [0.1, 0.15) is 41.6 Å². The van der Waals surface area contributed by atoms with Gasteiger partial charge in [0.15, 0.2) is 0 Å². The van der Waals surface area contributed by atoms with Gasteiger partial charge in [-0.1, -0.05) is 31.0 Å². The largest absolute Gasteiger partial charge is 0.349 e. The Morgan fingerprint density at radius 1 is 1.08 bits per heavy atom. The summed E-state index contributed by atoms with van der Waals surface area (Å²) < 4.78 is 27.7. The molecule has 0 heterocycles. The topological polar surface area (TPSA) is 99.1 Å². The average molecular weight is 369 g/mol. The summed E-state index contributed by atoms with van der Waals surface area (Å²) in [5.74, 6) is -0.272. The Kier molecular flexibility index (Phi) is 5.24. The van der Waals surface area contributed by atoms with Crippen molar-refractivity contribution in [2.45, 2.75) is 36.6 Å². The van der Waals surface area contributed by atoms with E-state index in [-0.39, 0.29) is 28.1 Å². The van der Waals surface area contributed by atoms with Crippen molar-refractivity contribution < 1.29 is 13.2 Å². The fraction of sp³-hybridized carbons (Fsp3) is 0.263. The van der Waals surface area contributed by atoms with Gasteiger partial charge in [-0.05, 0) is 43.2 Å². The molecule has 26 heavy (non-hydrogen) atoms. The molecular weight excluding hydrogens is 350 g/mol. The van der Waals surface area contributed by atoms with E-state index in [9.17, 15) is 13.2 Å². The number of benzene rings is 2. The van der Waals surface area contributed by atoms with Gasteiger partial charge in [0, 0.05) is 11.6 Å². The van der Waals surface area contributed by atoms with Gasteiger partial charge in [0.05, 0.1) is 16.1 Å². The molecule has 134 valence electrons. The number of anilines is 1. The fourth-order valence-corrected chi connectivity index (χ4v) is 4.14. The van der Waals surface area contributed by atoms with Gasteiger partial charge in [0.2, 0.25) is 0 Å². The molecule has 0 atom stereocenters. The number of nitrogens with one attached hydrogen (secondary N) is 2. The van der Waals surface area contributed by atoms with Gasteiger partial charge < -0.3 is 5.32 Å². The summed E-state index contributed by atoms with van der Waals surface area (Å²) in [5, 5.41) is 12.0. The minimum atomic E-state index is -3.91. The smallest absolute Gasteiger partial charge is 0.261 e. The molecule has 0 unspecified atom stereocenters. The molecule has 7 heteroatoms. The third-order valence-corrected chi connectivity index (χ3v) is 5.75. The molecule has 0 saturated heterocycles. The number of nitriles is 1. The van der Waals surface area contributed by atoms with E-state index in [1.807, 2.05) is 6.07 Å². The van der Waals surface area contributed by atoms with Crippen LogP contribution in [0.5, 0.6) is 0 Å². The molecule has 0 spiro atoms. The molecule has 6 nitrogen and oxygen atoms in total. The first kappa shape index (κ1) is 18.0. The van der Waals surface area contributed by atoms with Crippen LogP contribution in [0.3, 0.4) is 0 Å². The Balaban J connectivity index is 1.82. The normalized spacial score (nSPS) is 14.6. The Morgan fingerprint density at radius 3 is 2.54 bits per heavy atom. The molecule has 2 aromatic rings. The van der Waals surface area contributed by atoms with E-state index >= 15 is 0 Å². The minimum Gasteiger partial charge on any atom is -0.349 e. The second-order valence-electron chi connectivity index (χ2n) is 6.25. The van der Waals surface area contributed by atoms with Crippen molar-refractivity contribution in [2.24, 2.45) is 0 Å². The minimum absolute atomic E-state index is 0.0238. The zero-order valence-electron chi connectivity index (χ0n) is 14.1. The molecule has 1 saturated carbocycles. The lowest BCUT2D eigenvalue weighted by Crippen LogP contribution is -2.32. The number of rotatable bonds is 5. The molecule has 0 aliphatic heterocycles. The number of sulfonamides is 1. The highest BCUT2D eigenvalue weighted by Crippen LogP contribution is 2.21. The summed E-state index contributed by atoms with van der Waals surface area (Å²) in [7, 11) is -3.91. The van der Waals surface area contributed by atoms with Gasteiger partial charge in [-0.3, -0.25) is 9.52 Å². The van der Waals surface area contributed by atoms with E-state index in [1.165, 1.54) is 30.3 Å². The summed E-state index contributed by atoms with van der Waals surface area (Å²) in [6.45, 7) is 0. The van der Waals surface area contributed by atoms with E-state index in [1.54, 1.807) is 18.2 Å². The van der Waals surface area contributed by atoms with Crippen molar-refractivity contribution in [3.8, 4) is 6.07 Å². The lowest BCUT2D eigenvalue weighted by atomic mass is 10.2. The van der Waals surface area contributed by atoms with Gasteiger partial charge in [-0.15, -0.1) is 0 Å². The summed E-state index contributed by atoms with van der Waals surface area (Å²) in [6, 6.07) is 14.4. The van der Waals surface area contributed by atoms with E-state index in [4.69, 9.17) is 5.26 Å². The summed E-state index contributed by atoms with van der Waals surface area (Å²) >= 11 is 0. The van der Waals surface area contributed by atoms with Gasteiger partial charge in [-0.25, -0.2) is 8.42 Å². The lowest BCUT2D eigenvalue weighted by molar-refractivity contribution is 0.0937. The number of nitrogens with zero attached hydrogens (tertiary/aromatic N) is 1. The monoisotopic (exact) mass is 369 g/mol. The third kappa shape index (κ3) is 4.03. The SMILES string of the molecule is N#Cc1ccccc1NS(=O)(=O)c1cccc(C(=O)NC2CCCC2)c1. The number of para-hydroxylation sites is 1. The van der Waals surface area contributed by atoms with Crippen molar-refractivity contribution in [3.63, 3.8) is 0 Å². The third-order valence-electron chi connectivity index (χ3n) is 4.39. The van der Waals surface area contributed by atoms with Gasteiger partial charge in [-0.2, -0.15) is 5.26 Å². The molecule has 0 radical (unpaired) electrons. The molecule has 0 bridgehead atoms. The summed E-state index contributed by atoms with van der Waals surface area (Å²) in [6.07, 6.45) is 4.11. The standard InChI is InChI=1S/C19H19N3O3S/c20-13-15-6-1-4-11-18(15)22-26(24,25)17-10-5-7-14(12-17)19(23)21-16-8-2-3-9-16/h1,4-7,10-12,16,22H,2-3,8-9H2,(H,21,23). The van der Waals surface area contributed by atoms with Crippen molar-refractivity contribution in [2.75, 3.05) is 4.72 Å². The average Bonchev–Trinajstić information content (AvgIpc) is 3.15. The van der Waals surface area contributed by atoms with E-state index in [2.05, 4.69) is 10.0 Å². The molecular formula is C19H19N3O3S. The number of carbonyl (C=O) groups excluding carboxylic acids is 1. The van der Waals surface area contributed by atoms with Crippen molar-refractivity contribution in [1.29, 1.82) is 5.26 Å². The summed E-state index contributed by atoms with van der Waals surface area (Å²) in [4.78, 5) is 12.3. The fourth-order valence-electron chi connectivity index (χ4n) is 3.02. The maximum absolute atomic E-state index is 12.6. The molecule has 1 amide bonds. The van der Waals surface area contributed by atoms with Crippen LogP contribution in [0.4, 0.5) is 5.69 Å². The molecule has 1 aliphatic carbocycles. The Hall–Kier alpha value is -2.85. The maximum atomic E-state index is 12.6. The van der Waals surface area contributed by atoms with Crippen LogP contribution < -0.4 is 10.0 Å². The van der Waals surface area contributed by atoms with E-state index in [0.717, 1.165) is 25.7 Å². The Morgan fingerprint density at radius 2 is 1.81 bits per heavy atom. The van der Waals surface area contributed by atoms with Crippen LogP contribution in [-0.2, 0) is 10.0 Å². The first-order chi connectivity index (χ1) is 12.5. The molecule has 1 fully saturated rings. The predicted molar refractivity (Wildman–Crippen MR) is 98.1 cm³/mol. The second kappa shape index (κ2) is 7.58.